The van der Waals surface area contributed by atoms with E-state index >= 15 is 0 Å². The van der Waals surface area contributed by atoms with Crippen molar-refractivity contribution in [2.24, 2.45) is 0 Å². The molecule has 0 atom stereocenters. The van der Waals surface area contributed by atoms with E-state index in [2.05, 4.69) is 4.98 Å². The van der Waals surface area contributed by atoms with E-state index in [-0.39, 0.29) is 17.3 Å². The number of nitrogen functional groups attached to an aromatic ring is 1. The molecule has 0 radical (unpaired) electrons. The second-order valence-electron chi connectivity index (χ2n) is 4.16. The van der Waals surface area contributed by atoms with Crippen molar-refractivity contribution < 1.29 is 12.8 Å². The minimum atomic E-state index is -3.67. The molecule has 0 saturated heterocycles. The molecule has 102 valence electrons. The number of aromatic nitrogens is 1. The molecule has 19 heavy (non-hydrogen) atoms. The summed E-state index contributed by atoms with van der Waals surface area (Å²) in [4.78, 5) is 3.79. The van der Waals surface area contributed by atoms with Crippen LogP contribution in [0.4, 0.5) is 5.82 Å². The first-order valence-corrected chi connectivity index (χ1v) is 7.07. The molecule has 7 heteroatoms. The number of hydrogen-bond acceptors (Lipinski definition) is 5. The predicted octanol–water partition coefficient (Wildman–Crippen LogP) is 1.39. The molecule has 2 N–H and O–H groups in total. The van der Waals surface area contributed by atoms with Crippen LogP contribution in [0.2, 0.25) is 0 Å². The molecule has 0 amide bonds. The smallest absolute Gasteiger partial charge is 0.246 e. The number of sulfonamides is 1. The molecule has 0 aliphatic carbocycles. The fourth-order valence-corrected chi connectivity index (χ4v) is 2.86. The largest absolute Gasteiger partial charge is 0.465 e. The summed E-state index contributed by atoms with van der Waals surface area (Å²) in [6.07, 6.45) is 1.45. The fraction of sp³-hybridized carbons (Fsp3) is 0.250. The van der Waals surface area contributed by atoms with Gasteiger partial charge in [0.05, 0.1) is 6.54 Å². The van der Waals surface area contributed by atoms with Gasteiger partial charge in [0.25, 0.3) is 0 Å². The highest BCUT2D eigenvalue weighted by Crippen LogP contribution is 2.21. The molecule has 2 heterocycles. The first kappa shape index (κ1) is 13.6. The zero-order chi connectivity index (χ0) is 14.0. The van der Waals surface area contributed by atoms with Crippen molar-refractivity contribution in [3.8, 4) is 0 Å². The molecule has 2 aromatic heterocycles. The number of furan rings is 1. The normalized spacial score (nSPS) is 11.9. The van der Waals surface area contributed by atoms with Crippen LogP contribution in [0.5, 0.6) is 0 Å². The second-order valence-corrected chi connectivity index (χ2v) is 6.17. The van der Waals surface area contributed by atoms with Gasteiger partial charge in [0, 0.05) is 13.2 Å². The Morgan fingerprint density at radius 3 is 2.68 bits per heavy atom. The zero-order valence-electron chi connectivity index (χ0n) is 10.7. The number of nitrogens with two attached hydrogens (primary N) is 1. The van der Waals surface area contributed by atoms with Crippen LogP contribution in [0.25, 0.3) is 0 Å². The van der Waals surface area contributed by atoms with Crippen molar-refractivity contribution in [2.75, 3.05) is 12.8 Å². The van der Waals surface area contributed by atoms with Crippen LogP contribution in [0.15, 0.2) is 39.8 Å². The molecule has 0 aliphatic rings. The highest BCUT2D eigenvalue weighted by atomic mass is 32.2. The van der Waals surface area contributed by atoms with E-state index in [1.807, 2.05) is 0 Å². The van der Waals surface area contributed by atoms with Crippen LogP contribution in [-0.4, -0.2) is 24.8 Å². The number of rotatable bonds is 4. The number of pyridine rings is 1. The Morgan fingerprint density at radius 2 is 2.11 bits per heavy atom. The molecule has 0 saturated carbocycles. The first-order valence-electron chi connectivity index (χ1n) is 5.63. The van der Waals surface area contributed by atoms with E-state index in [9.17, 15) is 8.42 Å². The summed E-state index contributed by atoms with van der Waals surface area (Å²) in [5.74, 6) is 1.30. The maximum absolute atomic E-state index is 12.3. The number of aryl methyl sites for hydroxylation is 1. The zero-order valence-corrected chi connectivity index (χ0v) is 11.5. The van der Waals surface area contributed by atoms with Gasteiger partial charge in [0.2, 0.25) is 10.0 Å². The van der Waals surface area contributed by atoms with Gasteiger partial charge in [-0.3, -0.25) is 0 Å². The molecular formula is C12H15N3O3S. The van der Waals surface area contributed by atoms with Gasteiger partial charge in [0.15, 0.2) is 0 Å². The Hall–Kier alpha value is -1.86. The fourth-order valence-electron chi connectivity index (χ4n) is 1.66. The van der Waals surface area contributed by atoms with Gasteiger partial charge in [-0.25, -0.2) is 13.4 Å². The van der Waals surface area contributed by atoms with Gasteiger partial charge in [-0.2, -0.15) is 4.31 Å². The Labute approximate surface area is 111 Å². The van der Waals surface area contributed by atoms with Crippen LogP contribution < -0.4 is 5.73 Å². The third-order valence-corrected chi connectivity index (χ3v) is 4.51. The maximum atomic E-state index is 12.3. The van der Waals surface area contributed by atoms with E-state index in [1.165, 1.54) is 29.7 Å². The van der Waals surface area contributed by atoms with E-state index in [0.29, 0.717) is 5.76 Å². The average molecular weight is 281 g/mol. The molecule has 2 rings (SSSR count). The van der Waals surface area contributed by atoms with Crippen LogP contribution in [0.1, 0.15) is 11.5 Å². The number of nitrogens with zero attached hydrogens (tertiary/aromatic N) is 2. The molecule has 0 spiro atoms. The Morgan fingerprint density at radius 1 is 1.37 bits per heavy atom. The molecule has 2 aromatic rings. The van der Waals surface area contributed by atoms with Crippen LogP contribution in [-0.2, 0) is 16.6 Å². The third kappa shape index (κ3) is 2.77. The lowest BCUT2D eigenvalue weighted by Gasteiger charge is -2.16. The van der Waals surface area contributed by atoms with Crippen LogP contribution in [0.3, 0.4) is 0 Å². The van der Waals surface area contributed by atoms with Crippen LogP contribution in [0, 0.1) is 6.92 Å². The summed E-state index contributed by atoms with van der Waals surface area (Å²) in [5, 5.41) is 0. The monoisotopic (exact) mass is 281 g/mol. The highest BCUT2D eigenvalue weighted by Gasteiger charge is 2.24. The van der Waals surface area contributed by atoms with Crippen molar-refractivity contribution in [1.82, 2.24) is 9.29 Å². The Bertz CT molecular complexity index is 679. The average Bonchev–Trinajstić information content (AvgIpc) is 2.75. The number of anilines is 1. The van der Waals surface area contributed by atoms with Gasteiger partial charge < -0.3 is 10.2 Å². The lowest BCUT2D eigenvalue weighted by Crippen LogP contribution is -2.27. The first-order chi connectivity index (χ1) is 8.91. The van der Waals surface area contributed by atoms with Crippen LogP contribution >= 0.6 is 0 Å². The SMILES string of the molecule is Cc1ccc(CN(C)S(=O)(=O)c2cccnc2N)o1. The summed E-state index contributed by atoms with van der Waals surface area (Å²) in [6.45, 7) is 1.95. The van der Waals surface area contributed by atoms with Gasteiger partial charge in [-0.05, 0) is 31.2 Å². The molecule has 0 aromatic carbocycles. The van der Waals surface area contributed by atoms with E-state index in [0.717, 1.165) is 5.76 Å². The summed E-state index contributed by atoms with van der Waals surface area (Å²) < 4.78 is 31.2. The molecule has 0 bridgehead atoms. The molecule has 0 unspecified atom stereocenters. The third-order valence-electron chi connectivity index (χ3n) is 2.66. The Balaban J connectivity index is 2.27. The molecule has 0 aliphatic heterocycles. The predicted molar refractivity (Wildman–Crippen MR) is 70.7 cm³/mol. The molecule has 6 nitrogen and oxygen atoms in total. The lowest BCUT2D eigenvalue weighted by atomic mass is 10.4. The summed E-state index contributed by atoms with van der Waals surface area (Å²) in [7, 11) is -2.20. The van der Waals surface area contributed by atoms with Gasteiger partial charge in [-0.1, -0.05) is 0 Å². The van der Waals surface area contributed by atoms with Crippen molar-refractivity contribution in [1.29, 1.82) is 0 Å². The number of hydrogen-bond donors (Lipinski definition) is 1. The van der Waals surface area contributed by atoms with Crippen molar-refractivity contribution in [3.63, 3.8) is 0 Å². The minimum absolute atomic E-state index is 0.000720. The highest BCUT2D eigenvalue weighted by molar-refractivity contribution is 7.89. The minimum Gasteiger partial charge on any atom is -0.465 e. The molecule has 0 fully saturated rings. The second kappa shape index (κ2) is 5.02. The van der Waals surface area contributed by atoms with Crippen molar-refractivity contribution >= 4 is 15.8 Å². The van der Waals surface area contributed by atoms with Gasteiger partial charge >= 0.3 is 0 Å². The summed E-state index contributed by atoms with van der Waals surface area (Å²) >= 11 is 0. The molecular weight excluding hydrogens is 266 g/mol. The van der Waals surface area contributed by atoms with Crippen molar-refractivity contribution in [3.05, 3.63) is 42.0 Å². The van der Waals surface area contributed by atoms with E-state index in [1.54, 1.807) is 19.1 Å². The summed E-state index contributed by atoms with van der Waals surface area (Å²) in [5.41, 5.74) is 5.60. The van der Waals surface area contributed by atoms with Gasteiger partial charge in [0.1, 0.15) is 22.2 Å². The quantitative estimate of drug-likeness (QED) is 0.914. The summed E-state index contributed by atoms with van der Waals surface area (Å²) in [6, 6.07) is 6.50. The standard InChI is InChI=1S/C12H15N3O3S/c1-9-5-6-10(18-9)8-15(2)19(16,17)11-4-3-7-14-12(11)13/h3-7H,8H2,1-2H3,(H2,13,14). The van der Waals surface area contributed by atoms with E-state index in [4.69, 9.17) is 10.2 Å². The maximum Gasteiger partial charge on any atom is 0.246 e. The van der Waals surface area contributed by atoms with Crippen molar-refractivity contribution in [2.45, 2.75) is 18.4 Å². The lowest BCUT2D eigenvalue weighted by molar-refractivity contribution is 0.397. The Kier molecular flexibility index (Phi) is 3.59. The topological polar surface area (TPSA) is 89.4 Å². The van der Waals surface area contributed by atoms with E-state index < -0.39 is 10.0 Å². The van der Waals surface area contributed by atoms with Gasteiger partial charge in [-0.15, -0.1) is 0 Å².